The van der Waals surface area contributed by atoms with Crippen LogP contribution in [0.1, 0.15) is 37.1 Å². The van der Waals surface area contributed by atoms with E-state index in [2.05, 4.69) is 10.6 Å². The van der Waals surface area contributed by atoms with Gasteiger partial charge < -0.3 is 5.32 Å². The molecule has 0 aliphatic heterocycles. The van der Waals surface area contributed by atoms with Crippen LogP contribution in [0.5, 0.6) is 0 Å². The Morgan fingerprint density at radius 1 is 1.19 bits per heavy atom. The molecule has 2 N–H and O–H groups in total. The Labute approximate surface area is 188 Å². The molecule has 0 fully saturated rings. The number of hydrogen-bond donors (Lipinski definition) is 2. The van der Waals surface area contributed by atoms with Crippen LogP contribution in [0.15, 0.2) is 40.3 Å². The molecule has 31 heavy (non-hydrogen) atoms. The van der Waals surface area contributed by atoms with Gasteiger partial charge >= 0.3 is 6.03 Å². The van der Waals surface area contributed by atoms with Gasteiger partial charge in [0.25, 0.3) is 5.56 Å². The summed E-state index contributed by atoms with van der Waals surface area (Å²) in [5.74, 6) is -0.468. The number of carbonyl (C=O) groups excluding carboxylic acids is 2. The summed E-state index contributed by atoms with van der Waals surface area (Å²) in [6.45, 7) is 3.63. The predicted octanol–water partition coefficient (Wildman–Crippen LogP) is 3.65. The molecule has 1 aromatic carbocycles. The highest BCUT2D eigenvalue weighted by molar-refractivity contribution is 7.99. The van der Waals surface area contributed by atoms with Gasteiger partial charge in [-0.15, -0.1) is 11.3 Å². The number of rotatable bonds is 5. The summed E-state index contributed by atoms with van der Waals surface area (Å²) in [5, 5.41) is 6.08. The largest absolute Gasteiger partial charge is 0.336 e. The van der Waals surface area contributed by atoms with E-state index in [4.69, 9.17) is 4.98 Å². The molecule has 2 aromatic heterocycles. The van der Waals surface area contributed by atoms with Crippen molar-refractivity contribution < 1.29 is 9.59 Å². The number of hydrogen-bond acceptors (Lipinski definition) is 6. The molecule has 4 rings (SSSR count). The first-order valence-corrected chi connectivity index (χ1v) is 12.1. The van der Waals surface area contributed by atoms with Gasteiger partial charge in [-0.1, -0.05) is 30.0 Å². The van der Waals surface area contributed by atoms with Crippen LogP contribution in [0.2, 0.25) is 0 Å². The second kappa shape index (κ2) is 9.23. The maximum atomic E-state index is 13.6. The minimum atomic E-state index is -0.532. The molecule has 0 radical (unpaired) electrons. The molecule has 0 bridgehead atoms. The zero-order valence-electron chi connectivity index (χ0n) is 17.4. The van der Waals surface area contributed by atoms with E-state index < -0.39 is 11.9 Å². The van der Waals surface area contributed by atoms with E-state index in [0.717, 1.165) is 47.8 Å². The number of nitrogens with one attached hydrogen (secondary N) is 2. The van der Waals surface area contributed by atoms with Crippen molar-refractivity contribution in [1.29, 1.82) is 0 Å². The molecule has 7 nitrogen and oxygen atoms in total. The van der Waals surface area contributed by atoms with Gasteiger partial charge in [0, 0.05) is 10.9 Å². The molecular weight excluding hydrogens is 432 g/mol. The summed E-state index contributed by atoms with van der Waals surface area (Å²) in [7, 11) is 0. The average Bonchev–Trinajstić information content (AvgIpc) is 3.11. The van der Waals surface area contributed by atoms with Crippen LogP contribution in [0.25, 0.3) is 15.9 Å². The van der Waals surface area contributed by atoms with Gasteiger partial charge in [-0.3, -0.25) is 19.5 Å². The highest BCUT2D eigenvalue weighted by atomic mass is 32.2. The molecule has 1 aliphatic carbocycles. The zero-order chi connectivity index (χ0) is 22.0. The van der Waals surface area contributed by atoms with E-state index in [0.29, 0.717) is 16.2 Å². The number of aryl methyl sites for hydroxylation is 2. The Morgan fingerprint density at radius 2 is 1.94 bits per heavy atom. The highest BCUT2D eigenvalue weighted by Gasteiger charge is 2.23. The number of thioether (sulfide) groups is 1. The van der Waals surface area contributed by atoms with Crippen LogP contribution in [0.3, 0.4) is 0 Å². The maximum absolute atomic E-state index is 13.6. The summed E-state index contributed by atoms with van der Waals surface area (Å²) in [6, 6.07) is 8.73. The van der Waals surface area contributed by atoms with Crippen molar-refractivity contribution in [2.75, 3.05) is 5.75 Å². The number of para-hydroxylation sites is 1. The van der Waals surface area contributed by atoms with Gasteiger partial charge in [0.05, 0.1) is 16.8 Å². The van der Waals surface area contributed by atoms with Gasteiger partial charge in [-0.2, -0.15) is 0 Å². The lowest BCUT2D eigenvalue weighted by atomic mass is 9.97. The molecule has 3 aromatic rings. The van der Waals surface area contributed by atoms with E-state index in [1.807, 2.05) is 44.2 Å². The molecule has 0 spiro atoms. The average molecular weight is 457 g/mol. The van der Waals surface area contributed by atoms with Crippen molar-refractivity contribution >= 4 is 45.3 Å². The molecule has 0 unspecified atom stereocenters. The number of carbonyl (C=O) groups is 2. The topological polar surface area (TPSA) is 93.1 Å². The quantitative estimate of drug-likeness (QED) is 0.452. The summed E-state index contributed by atoms with van der Waals surface area (Å²) in [6.07, 6.45) is 4.10. The van der Waals surface area contributed by atoms with Crippen LogP contribution in [0.4, 0.5) is 4.79 Å². The second-order valence-corrected chi connectivity index (χ2v) is 9.75. The van der Waals surface area contributed by atoms with Crippen LogP contribution < -0.4 is 16.2 Å². The molecule has 9 heteroatoms. The van der Waals surface area contributed by atoms with Gasteiger partial charge in [0.2, 0.25) is 5.91 Å². The van der Waals surface area contributed by atoms with E-state index in [9.17, 15) is 14.4 Å². The third-order valence-corrected chi connectivity index (χ3v) is 7.10. The number of aromatic nitrogens is 2. The lowest BCUT2D eigenvalue weighted by molar-refractivity contribution is -0.117. The first kappa shape index (κ1) is 21.6. The Morgan fingerprint density at radius 3 is 2.68 bits per heavy atom. The molecule has 1 aliphatic rings. The molecule has 0 saturated heterocycles. The van der Waals surface area contributed by atoms with Gasteiger partial charge in [-0.25, -0.2) is 9.78 Å². The van der Waals surface area contributed by atoms with Crippen LogP contribution in [-0.2, 0) is 17.6 Å². The first-order valence-electron chi connectivity index (χ1n) is 10.3. The van der Waals surface area contributed by atoms with Crippen molar-refractivity contribution in [2.45, 2.75) is 50.7 Å². The Balaban J connectivity index is 1.69. The van der Waals surface area contributed by atoms with Crippen LogP contribution in [0, 0.1) is 0 Å². The molecule has 2 heterocycles. The predicted molar refractivity (Wildman–Crippen MR) is 124 cm³/mol. The monoisotopic (exact) mass is 456 g/mol. The fourth-order valence-corrected chi connectivity index (χ4v) is 5.79. The van der Waals surface area contributed by atoms with E-state index in [-0.39, 0.29) is 17.4 Å². The standard InChI is InChI=1S/C22H24N4O3S2/c1-13(2)23-21(29)24-17(27)12-30-22-25-19-18(15-10-6-7-11-16(15)31-19)20(28)26(22)14-8-4-3-5-9-14/h3-5,8-9,13H,6-7,10-12H2,1-2H3,(H2,23,24,27,29). The number of imide groups is 1. The minimum absolute atomic E-state index is 0.0264. The molecular formula is C22H24N4O3S2. The molecule has 0 atom stereocenters. The van der Waals surface area contributed by atoms with Gasteiger partial charge in [-0.05, 0) is 57.2 Å². The number of amides is 3. The van der Waals surface area contributed by atoms with E-state index in [1.54, 1.807) is 15.9 Å². The zero-order valence-corrected chi connectivity index (χ0v) is 19.1. The fraction of sp³-hybridized carbons (Fsp3) is 0.364. The van der Waals surface area contributed by atoms with Crippen molar-refractivity contribution in [2.24, 2.45) is 0 Å². The maximum Gasteiger partial charge on any atom is 0.321 e. The second-order valence-electron chi connectivity index (χ2n) is 7.73. The Bertz CT molecular complexity index is 1180. The lowest BCUT2D eigenvalue weighted by Crippen LogP contribution is -2.43. The van der Waals surface area contributed by atoms with Crippen LogP contribution >= 0.6 is 23.1 Å². The summed E-state index contributed by atoms with van der Waals surface area (Å²) < 4.78 is 1.58. The summed E-state index contributed by atoms with van der Waals surface area (Å²) in [5.41, 5.74) is 1.74. The molecule has 0 saturated carbocycles. The third-order valence-electron chi connectivity index (χ3n) is 4.98. The van der Waals surface area contributed by atoms with Gasteiger partial charge in [0.1, 0.15) is 4.83 Å². The van der Waals surface area contributed by atoms with Crippen molar-refractivity contribution in [1.82, 2.24) is 20.2 Å². The normalized spacial score (nSPS) is 13.3. The number of nitrogens with zero attached hydrogens (tertiary/aromatic N) is 2. The van der Waals surface area contributed by atoms with Crippen molar-refractivity contribution in [3.8, 4) is 5.69 Å². The minimum Gasteiger partial charge on any atom is -0.336 e. The first-order chi connectivity index (χ1) is 14.9. The summed E-state index contributed by atoms with van der Waals surface area (Å²) in [4.78, 5) is 44.4. The number of thiophene rings is 1. The lowest BCUT2D eigenvalue weighted by Gasteiger charge is -2.14. The smallest absolute Gasteiger partial charge is 0.321 e. The van der Waals surface area contributed by atoms with E-state index >= 15 is 0 Å². The van der Waals surface area contributed by atoms with Gasteiger partial charge in [0.15, 0.2) is 5.16 Å². The Hall–Kier alpha value is -2.65. The number of fused-ring (bicyclic) bond motifs is 3. The van der Waals surface area contributed by atoms with Crippen molar-refractivity contribution in [3.05, 3.63) is 51.1 Å². The molecule has 162 valence electrons. The Kier molecular flexibility index (Phi) is 6.43. The number of urea groups is 1. The van der Waals surface area contributed by atoms with Crippen molar-refractivity contribution in [3.63, 3.8) is 0 Å². The highest BCUT2D eigenvalue weighted by Crippen LogP contribution is 2.35. The fourth-order valence-electron chi connectivity index (χ4n) is 3.68. The number of benzene rings is 1. The summed E-state index contributed by atoms with van der Waals surface area (Å²) >= 11 is 2.73. The van der Waals surface area contributed by atoms with E-state index in [1.165, 1.54) is 4.88 Å². The van der Waals surface area contributed by atoms with Crippen LogP contribution in [-0.4, -0.2) is 33.3 Å². The molecule has 3 amide bonds. The third kappa shape index (κ3) is 4.67. The SMILES string of the molecule is CC(C)NC(=O)NC(=O)CSc1nc2sc3c(c2c(=O)n1-c1ccccc1)CCCC3.